The Morgan fingerprint density at radius 1 is 0.981 bits per heavy atom. The van der Waals surface area contributed by atoms with E-state index < -0.39 is 42.0 Å². The summed E-state index contributed by atoms with van der Waals surface area (Å²) in [5, 5.41) is 77.8. The summed E-state index contributed by atoms with van der Waals surface area (Å²) in [6, 6.07) is 7.78. The van der Waals surface area contributed by atoms with E-state index in [0.717, 1.165) is 74.5 Å². The Kier molecular flexibility index (Phi) is 11.4. The number of phenolic OH excluding ortho intramolecular Hbond substituents is 2. The number of aromatic nitrogens is 1. The van der Waals surface area contributed by atoms with E-state index in [4.69, 9.17) is 9.47 Å². The summed E-state index contributed by atoms with van der Waals surface area (Å²) in [5.41, 5.74) is 3.43. The van der Waals surface area contributed by atoms with Crippen LogP contribution >= 0.6 is 0 Å². The highest BCUT2D eigenvalue weighted by Gasteiger charge is 2.45. The van der Waals surface area contributed by atoms with Crippen molar-refractivity contribution in [2.75, 3.05) is 7.11 Å². The van der Waals surface area contributed by atoms with Crippen LogP contribution in [0.5, 0.6) is 23.0 Å². The van der Waals surface area contributed by atoms with E-state index in [1.54, 1.807) is 18.5 Å². The molecule has 10 heteroatoms. The topological polar surface area (TPSA) is 174 Å². The second kappa shape index (κ2) is 15.8. The van der Waals surface area contributed by atoms with E-state index in [1.165, 1.54) is 7.11 Å². The van der Waals surface area contributed by atoms with Crippen LogP contribution in [-0.2, 0) is 17.8 Å². The highest BCUT2D eigenvalue weighted by Crippen LogP contribution is 2.53. The van der Waals surface area contributed by atoms with Crippen LogP contribution in [0.4, 0.5) is 0 Å². The Bertz CT molecular complexity index is 1700. The van der Waals surface area contributed by atoms with Crippen LogP contribution in [-0.4, -0.2) is 66.8 Å². The average molecular weight is 733 g/mol. The normalized spacial score (nSPS) is 30.5. The Labute approximate surface area is 312 Å². The second-order valence-electron chi connectivity index (χ2n) is 16.8. The average Bonchev–Trinajstić information content (AvgIpc) is 3.84. The number of benzene rings is 2. The maximum absolute atomic E-state index is 11.6. The smallest absolute Gasteiger partial charge is 0.201 e. The maximum atomic E-state index is 11.6. The van der Waals surface area contributed by atoms with Gasteiger partial charge in [-0.3, -0.25) is 0 Å². The van der Waals surface area contributed by atoms with Crippen LogP contribution in [0.15, 0.2) is 36.7 Å². The molecule has 7 N–H and O–H groups in total. The molecule has 4 fully saturated rings. The molecule has 4 aliphatic rings. The summed E-state index contributed by atoms with van der Waals surface area (Å²) in [6.45, 7) is 1.71. The Morgan fingerprint density at radius 3 is 2.49 bits per heavy atom. The molecule has 3 aromatic rings. The zero-order valence-corrected chi connectivity index (χ0v) is 31.2. The minimum Gasteiger partial charge on any atom is -0.670 e. The number of methoxy groups -OCH3 is 1. The first kappa shape index (κ1) is 38.0. The van der Waals surface area contributed by atoms with Gasteiger partial charge in [0.1, 0.15) is 5.75 Å². The van der Waals surface area contributed by atoms with Gasteiger partial charge in [-0.05, 0) is 111 Å². The number of phenols is 3. The third-order valence-corrected chi connectivity index (χ3v) is 13.5. The molecule has 3 saturated carbocycles. The van der Waals surface area contributed by atoms with Gasteiger partial charge in [0.05, 0.1) is 43.7 Å². The number of rotatable bonds is 11. The summed E-state index contributed by atoms with van der Waals surface area (Å²) in [5.74, 6) is -0.0501. The number of fused-ring (bicyclic) bond motifs is 1. The van der Waals surface area contributed by atoms with Gasteiger partial charge in [0, 0.05) is 23.5 Å². The van der Waals surface area contributed by atoms with Gasteiger partial charge in [-0.1, -0.05) is 49.9 Å². The quantitative estimate of drug-likeness (QED) is 0.107. The van der Waals surface area contributed by atoms with Gasteiger partial charge in [0.25, 0.3) is 0 Å². The van der Waals surface area contributed by atoms with Crippen LogP contribution in [0.25, 0.3) is 0 Å². The van der Waals surface area contributed by atoms with Gasteiger partial charge in [0.15, 0.2) is 11.5 Å². The van der Waals surface area contributed by atoms with Crippen molar-refractivity contribution in [3.63, 3.8) is 0 Å². The van der Waals surface area contributed by atoms with Gasteiger partial charge in [-0.25, -0.2) is 0 Å². The molecular weight excluding hydrogens is 674 g/mol. The molecule has 290 valence electrons. The van der Waals surface area contributed by atoms with Crippen LogP contribution in [0.2, 0.25) is 0 Å². The number of hydrogen-bond acceptors (Lipinski definition) is 9. The summed E-state index contributed by atoms with van der Waals surface area (Å²) >= 11 is 0. The summed E-state index contributed by atoms with van der Waals surface area (Å²) < 4.78 is 12.5. The minimum atomic E-state index is -0.676. The summed E-state index contributed by atoms with van der Waals surface area (Å²) in [6.07, 6.45) is 11.7. The highest BCUT2D eigenvalue weighted by atomic mass is 16.5. The summed E-state index contributed by atoms with van der Waals surface area (Å²) in [4.78, 5) is 4.17. The predicted molar refractivity (Wildman–Crippen MR) is 199 cm³/mol. The second-order valence-corrected chi connectivity index (χ2v) is 16.8. The fourth-order valence-electron chi connectivity index (χ4n) is 10.6. The third-order valence-electron chi connectivity index (χ3n) is 13.5. The molecule has 10 nitrogen and oxygen atoms in total. The third kappa shape index (κ3) is 7.67. The first-order valence-corrected chi connectivity index (χ1v) is 19.9. The van der Waals surface area contributed by atoms with E-state index in [2.05, 4.69) is 18.0 Å². The van der Waals surface area contributed by atoms with E-state index in [1.807, 2.05) is 12.1 Å². The molecule has 1 saturated heterocycles. The highest BCUT2D eigenvalue weighted by molar-refractivity contribution is 5.64. The van der Waals surface area contributed by atoms with E-state index in [-0.39, 0.29) is 53.3 Å². The Balaban J connectivity index is 1.14. The molecule has 7 rings (SSSR count). The number of nitrogens with zero attached hydrogens (tertiary/aromatic N) is 1. The van der Waals surface area contributed by atoms with Gasteiger partial charge >= 0.3 is 0 Å². The number of aliphatic hydroxyl groups excluding tert-OH is 3. The van der Waals surface area contributed by atoms with E-state index >= 15 is 0 Å². The fourth-order valence-corrected chi connectivity index (χ4v) is 10.6. The summed E-state index contributed by atoms with van der Waals surface area (Å²) in [7, 11) is 1.42. The molecule has 9 unspecified atom stereocenters. The molecule has 2 aromatic carbocycles. The Morgan fingerprint density at radius 2 is 1.77 bits per heavy atom. The standard InChI is InChI=1S/C43H58NO9/c1-24-5-8-28(35(47)11-15-43(51)13-3-4-14-43)30(17-24)31-19-26(7-10-34(31)46)27-6-9-29-36(48)21-38(53-37(29)20-27)39-32(18-25-12-16-44-22-25)42(52-2)41(50)40(49)33(39)23-45/h7,10,12,16,19,22,24,27-30,35-38,45-51H,3-6,8-9,11,13-15,17-18,20-21,23H2,1-2H3/q-1. The molecule has 9 atom stereocenters. The zero-order chi connectivity index (χ0) is 37.4. The van der Waals surface area contributed by atoms with Gasteiger partial charge < -0.3 is 50.2 Å². The molecule has 1 aliphatic heterocycles. The lowest BCUT2D eigenvalue weighted by molar-refractivity contribution is -0.154. The van der Waals surface area contributed by atoms with E-state index in [9.17, 15) is 35.7 Å². The SMILES string of the molecule is COc1c(O)c(O)c(CO)c(C2CC(O)C3CCC(c4ccc(O)c(C5CC(C)CCC5C(O)CCC5(O)CCCC5)c4)CC3O2)c1Cc1cc[n-]c1. The molecule has 0 amide bonds. The molecule has 0 spiro atoms. The van der Waals surface area contributed by atoms with Crippen LogP contribution in [0.1, 0.15) is 142 Å². The molecule has 0 radical (unpaired) electrons. The van der Waals surface area contributed by atoms with Crippen molar-refractivity contribution in [3.05, 3.63) is 70.0 Å². The van der Waals surface area contributed by atoms with Crippen molar-refractivity contribution in [2.24, 2.45) is 17.8 Å². The number of hydrogen-bond donors (Lipinski definition) is 7. The van der Waals surface area contributed by atoms with Crippen molar-refractivity contribution in [3.8, 4) is 23.0 Å². The predicted octanol–water partition coefficient (Wildman–Crippen LogP) is 6.59. The Hall–Kier alpha value is -3.28. The van der Waals surface area contributed by atoms with Crippen LogP contribution in [0.3, 0.4) is 0 Å². The molecule has 1 aromatic heterocycles. The lowest BCUT2D eigenvalue weighted by atomic mass is 9.67. The first-order chi connectivity index (χ1) is 25.5. The van der Waals surface area contributed by atoms with Gasteiger partial charge in [-0.15, -0.1) is 0 Å². The zero-order valence-electron chi connectivity index (χ0n) is 31.2. The molecule has 53 heavy (non-hydrogen) atoms. The van der Waals surface area contributed by atoms with Crippen molar-refractivity contribution in [1.29, 1.82) is 0 Å². The number of aromatic hydroxyl groups is 3. The van der Waals surface area contributed by atoms with Crippen LogP contribution < -0.4 is 9.72 Å². The van der Waals surface area contributed by atoms with Crippen molar-refractivity contribution >= 4 is 0 Å². The lowest BCUT2D eigenvalue weighted by Gasteiger charge is -2.46. The largest absolute Gasteiger partial charge is 0.670 e. The minimum absolute atomic E-state index is 0.00321. The number of aliphatic hydroxyl groups is 4. The lowest BCUT2D eigenvalue weighted by Crippen LogP contribution is -2.44. The molecule has 2 heterocycles. The van der Waals surface area contributed by atoms with Crippen LogP contribution in [0, 0.1) is 17.8 Å². The first-order valence-electron chi connectivity index (χ1n) is 19.9. The van der Waals surface area contributed by atoms with Crippen molar-refractivity contribution < 1.29 is 45.2 Å². The monoisotopic (exact) mass is 732 g/mol. The van der Waals surface area contributed by atoms with Crippen molar-refractivity contribution in [2.45, 2.75) is 145 Å². The maximum Gasteiger partial charge on any atom is 0.201 e. The van der Waals surface area contributed by atoms with E-state index in [0.29, 0.717) is 42.7 Å². The molecular formula is C43H58NO9-. The molecule has 0 bridgehead atoms. The number of ether oxygens (including phenoxy) is 2. The molecule has 3 aliphatic carbocycles. The van der Waals surface area contributed by atoms with Gasteiger partial charge in [-0.2, -0.15) is 12.4 Å². The van der Waals surface area contributed by atoms with Gasteiger partial charge in [0.2, 0.25) is 5.75 Å². The van der Waals surface area contributed by atoms with Crippen molar-refractivity contribution in [1.82, 2.24) is 4.98 Å². The fraction of sp³-hybridized carbons (Fsp3) is 0.628.